The highest BCUT2D eigenvalue weighted by Crippen LogP contribution is 2.06. The Labute approximate surface area is 133 Å². The minimum atomic E-state index is -0.776. The Hall–Kier alpha value is -2.84. The number of hydrogen-bond acceptors (Lipinski definition) is 5. The lowest BCUT2D eigenvalue weighted by Crippen LogP contribution is -2.46. The Balaban J connectivity index is 2.74. The minimum absolute atomic E-state index is 0.0160. The number of H-pyrrole nitrogens is 1. The average molecular weight is 323 g/mol. The largest absolute Gasteiger partial charge is 0.444 e. The summed E-state index contributed by atoms with van der Waals surface area (Å²) in [6.45, 7) is 5.13. The smallest absolute Gasteiger partial charge is 0.414 e. The van der Waals surface area contributed by atoms with E-state index in [2.05, 4.69) is 20.6 Å². The van der Waals surface area contributed by atoms with Gasteiger partial charge in [-0.1, -0.05) is 0 Å². The predicted molar refractivity (Wildman–Crippen MR) is 83.7 cm³/mol. The maximum atomic E-state index is 12.0. The Bertz CT molecular complexity index is 587. The number of nitrogens with zero attached hydrogens (tertiary/aromatic N) is 1. The summed E-state index contributed by atoms with van der Waals surface area (Å²) in [5.41, 5.74) is 4.62. The molecule has 0 spiro atoms. The predicted octanol–water partition coefficient (Wildman–Crippen LogP) is 0.501. The van der Waals surface area contributed by atoms with Crippen LogP contribution >= 0.6 is 0 Å². The van der Waals surface area contributed by atoms with Crippen LogP contribution in [0.3, 0.4) is 0 Å². The lowest BCUT2D eigenvalue weighted by Gasteiger charge is -2.20. The summed E-state index contributed by atoms with van der Waals surface area (Å²) in [6, 6.07) is 3.21. The maximum absolute atomic E-state index is 12.0. The van der Waals surface area contributed by atoms with Crippen molar-refractivity contribution in [2.45, 2.75) is 32.8 Å². The number of nitrogens with two attached hydrogens (primary N) is 1. The van der Waals surface area contributed by atoms with Gasteiger partial charge >= 0.3 is 6.09 Å². The summed E-state index contributed by atoms with van der Waals surface area (Å²) < 4.78 is 5.09. The van der Waals surface area contributed by atoms with E-state index in [1.54, 1.807) is 39.1 Å². The number of guanidine groups is 1. The number of aliphatic imine (C=N–C) groups is 1. The molecule has 1 aromatic heterocycles. The SMILES string of the molecule is CC(C)(C)OC(=O)NC(=NCCC(N)=O)NC(=O)c1ccc[nH]1. The Morgan fingerprint density at radius 2 is 2.00 bits per heavy atom. The molecule has 0 saturated heterocycles. The summed E-state index contributed by atoms with van der Waals surface area (Å²) in [6.07, 6.45) is 0.792. The van der Waals surface area contributed by atoms with E-state index in [0.29, 0.717) is 5.69 Å². The highest BCUT2D eigenvalue weighted by molar-refractivity contribution is 6.08. The third-order valence-electron chi connectivity index (χ3n) is 2.32. The van der Waals surface area contributed by atoms with Crippen LogP contribution in [-0.4, -0.2) is 41.0 Å². The van der Waals surface area contributed by atoms with Gasteiger partial charge in [0.1, 0.15) is 11.3 Å². The van der Waals surface area contributed by atoms with Crippen molar-refractivity contribution in [3.8, 4) is 0 Å². The van der Waals surface area contributed by atoms with Gasteiger partial charge in [0, 0.05) is 12.6 Å². The van der Waals surface area contributed by atoms with Crippen LogP contribution in [0.5, 0.6) is 0 Å². The molecule has 1 rings (SSSR count). The van der Waals surface area contributed by atoms with Crippen molar-refractivity contribution in [3.05, 3.63) is 24.0 Å². The van der Waals surface area contributed by atoms with E-state index in [4.69, 9.17) is 10.5 Å². The van der Waals surface area contributed by atoms with Crippen LogP contribution in [0.2, 0.25) is 0 Å². The van der Waals surface area contributed by atoms with Gasteiger partial charge in [-0.15, -0.1) is 0 Å². The zero-order chi connectivity index (χ0) is 17.5. The molecule has 0 unspecified atom stereocenters. The van der Waals surface area contributed by atoms with Crippen LogP contribution in [0, 0.1) is 0 Å². The van der Waals surface area contributed by atoms with Gasteiger partial charge < -0.3 is 15.5 Å². The van der Waals surface area contributed by atoms with Crippen molar-refractivity contribution in [3.63, 3.8) is 0 Å². The number of carbonyl (C=O) groups is 3. The quantitative estimate of drug-likeness (QED) is 0.473. The van der Waals surface area contributed by atoms with E-state index in [-0.39, 0.29) is 18.9 Å². The van der Waals surface area contributed by atoms with Crippen molar-refractivity contribution in [2.24, 2.45) is 10.7 Å². The molecular weight excluding hydrogens is 302 g/mol. The molecule has 9 heteroatoms. The molecule has 1 aromatic rings. The maximum Gasteiger partial charge on any atom is 0.414 e. The van der Waals surface area contributed by atoms with Crippen LogP contribution in [0.25, 0.3) is 0 Å². The van der Waals surface area contributed by atoms with Crippen molar-refractivity contribution < 1.29 is 19.1 Å². The fourth-order valence-corrected chi connectivity index (χ4v) is 1.43. The second-order valence-electron chi connectivity index (χ2n) is 5.61. The Morgan fingerprint density at radius 1 is 1.30 bits per heavy atom. The first-order valence-corrected chi connectivity index (χ1v) is 6.95. The number of nitrogens with one attached hydrogen (secondary N) is 3. The molecule has 0 aromatic carbocycles. The lowest BCUT2D eigenvalue weighted by atomic mass is 10.2. The number of aromatic nitrogens is 1. The standard InChI is InChI=1S/C14H21N5O4/c1-14(2,3)23-13(22)19-12(17-8-6-10(15)20)18-11(21)9-5-4-7-16-9/h4-5,7,16H,6,8H2,1-3H3,(H2,15,20)(H2,17,18,19,21,22). The normalized spacial score (nSPS) is 11.7. The van der Waals surface area contributed by atoms with Crippen LogP contribution in [0.1, 0.15) is 37.7 Å². The topological polar surface area (TPSA) is 139 Å². The number of aromatic amines is 1. The van der Waals surface area contributed by atoms with E-state index in [9.17, 15) is 14.4 Å². The van der Waals surface area contributed by atoms with Gasteiger partial charge in [-0.2, -0.15) is 0 Å². The molecule has 0 fully saturated rings. The second kappa shape index (κ2) is 7.97. The molecule has 0 bridgehead atoms. The summed E-state index contributed by atoms with van der Waals surface area (Å²) >= 11 is 0. The number of ether oxygens (including phenoxy) is 1. The highest BCUT2D eigenvalue weighted by Gasteiger charge is 2.18. The molecule has 3 amide bonds. The summed E-state index contributed by atoms with van der Waals surface area (Å²) in [5, 5.41) is 4.76. The van der Waals surface area contributed by atoms with Gasteiger partial charge in [-0.3, -0.25) is 25.2 Å². The first-order valence-electron chi connectivity index (χ1n) is 6.95. The minimum Gasteiger partial charge on any atom is -0.444 e. The third-order valence-corrected chi connectivity index (χ3v) is 2.32. The number of alkyl carbamates (subject to hydrolysis) is 1. The highest BCUT2D eigenvalue weighted by atomic mass is 16.6. The third kappa shape index (κ3) is 7.65. The average Bonchev–Trinajstić information content (AvgIpc) is 2.89. The summed E-state index contributed by atoms with van der Waals surface area (Å²) in [5.74, 6) is -1.16. The molecule has 5 N–H and O–H groups in total. The van der Waals surface area contributed by atoms with Crippen LogP contribution in [-0.2, 0) is 9.53 Å². The van der Waals surface area contributed by atoms with Gasteiger partial charge in [0.2, 0.25) is 11.9 Å². The molecule has 126 valence electrons. The molecule has 0 atom stereocenters. The van der Waals surface area contributed by atoms with Gasteiger partial charge in [-0.25, -0.2) is 4.79 Å². The van der Waals surface area contributed by atoms with Crippen LogP contribution in [0.4, 0.5) is 4.79 Å². The summed E-state index contributed by atoms with van der Waals surface area (Å²) in [7, 11) is 0. The van der Waals surface area contributed by atoms with E-state index < -0.39 is 23.5 Å². The van der Waals surface area contributed by atoms with E-state index in [1.165, 1.54) is 0 Å². The van der Waals surface area contributed by atoms with Crippen molar-refractivity contribution in [1.82, 2.24) is 15.6 Å². The van der Waals surface area contributed by atoms with Crippen LogP contribution in [0.15, 0.2) is 23.3 Å². The Kier molecular flexibility index (Phi) is 6.31. The van der Waals surface area contributed by atoms with Crippen molar-refractivity contribution in [2.75, 3.05) is 6.54 Å². The zero-order valence-electron chi connectivity index (χ0n) is 13.3. The fraction of sp³-hybridized carbons (Fsp3) is 0.429. The second-order valence-corrected chi connectivity index (χ2v) is 5.61. The van der Waals surface area contributed by atoms with E-state index in [0.717, 1.165) is 0 Å². The van der Waals surface area contributed by atoms with Crippen molar-refractivity contribution in [1.29, 1.82) is 0 Å². The molecule has 1 heterocycles. The molecule has 0 aliphatic carbocycles. The monoisotopic (exact) mass is 323 g/mol. The molecule has 0 radical (unpaired) electrons. The number of primary amides is 1. The molecule has 9 nitrogen and oxygen atoms in total. The number of hydrogen-bond donors (Lipinski definition) is 4. The molecule has 23 heavy (non-hydrogen) atoms. The van der Waals surface area contributed by atoms with Crippen LogP contribution < -0.4 is 16.4 Å². The first kappa shape index (κ1) is 18.2. The number of carbonyl (C=O) groups excluding carboxylic acids is 3. The lowest BCUT2D eigenvalue weighted by molar-refractivity contribution is -0.117. The van der Waals surface area contributed by atoms with Gasteiger partial charge in [-0.05, 0) is 32.9 Å². The Morgan fingerprint density at radius 3 is 2.52 bits per heavy atom. The number of amides is 3. The van der Waals surface area contributed by atoms with E-state index in [1.807, 2.05) is 0 Å². The molecule has 0 aliphatic heterocycles. The number of rotatable bonds is 4. The zero-order valence-corrected chi connectivity index (χ0v) is 13.3. The van der Waals surface area contributed by atoms with Gasteiger partial charge in [0.25, 0.3) is 5.91 Å². The molecule has 0 aliphatic rings. The van der Waals surface area contributed by atoms with E-state index >= 15 is 0 Å². The van der Waals surface area contributed by atoms with Crippen molar-refractivity contribution >= 4 is 23.9 Å². The van der Waals surface area contributed by atoms with Gasteiger partial charge in [0.15, 0.2) is 0 Å². The first-order chi connectivity index (χ1) is 10.7. The molecule has 0 saturated carbocycles. The molecular formula is C14H21N5O4. The fourth-order valence-electron chi connectivity index (χ4n) is 1.43. The summed E-state index contributed by atoms with van der Waals surface area (Å²) in [4.78, 5) is 41.2. The van der Waals surface area contributed by atoms with Gasteiger partial charge in [0.05, 0.1) is 6.54 Å².